The minimum Gasteiger partial charge on any atom is -0.497 e. The third-order valence-corrected chi connectivity index (χ3v) is 3.83. The Labute approximate surface area is 157 Å². The van der Waals surface area contributed by atoms with E-state index >= 15 is 0 Å². The van der Waals surface area contributed by atoms with Gasteiger partial charge in [0.1, 0.15) is 18.1 Å². The van der Waals surface area contributed by atoms with Crippen LogP contribution in [0, 0.1) is 0 Å². The lowest BCUT2D eigenvalue weighted by Crippen LogP contribution is -2.12. The predicted octanol–water partition coefficient (Wildman–Crippen LogP) is 3.60. The fourth-order valence-electron chi connectivity index (χ4n) is 2.36. The molecule has 0 saturated carbocycles. The molecule has 0 aliphatic carbocycles. The van der Waals surface area contributed by atoms with Gasteiger partial charge < -0.3 is 19.5 Å². The number of methoxy groups -OCH3 is 2. The fraction of sp³-hybridized carbons (Fsp3) is 0.263. The van der Waals surface area contributed by atoms with E-state index in [2.05, 4.69) is 5.32 Å². The Morgan fingerprint density at radius 2 is 1.81 bits per heavy atom. The predicted molar refractivity (Wildman–Crippen MR) is 98.8 cm³/mol. The smallest absolute Gasteiger partial charge is 0.310 e. The van der Waals surface area contributed by atoms with Crippen molar-refractivity contribution in [3.63, 3.8) is 0 Å². The highest BCUT2D eigenvalue weighted by Crippen LogP contribution is 2.26. The summed E-state index contributed by atoms with van der Waals surface area (Å²) in [6.07, 6.45) is 0.0448. The quantitative estimate of drug-likeness (QED) is 0.746. The van der Waals surface area contributed by atoms with Crippen molar-refractivity contribution in [3.05, 3.63) is 52.5 Å². The Hall–Kier alpha value is -2.73. The molecule has 0 atom stereocenters. The Bertz CT molecular complexity index is 807. The van der Waals surface area contributed by atoms with Crippen LogP contribution in [0.2, 0.25) is 5.02 Å². The molecule has 0 fully saturated rings. The molecule has 1 amide bonds. The second-order valence-corrected chi connectivity index (χ2v) is 5.93. The van der Waals surface area contributed by atoms with Crippen LogP contribution < -0.4 is 14.8 Å². The maximum Gasteiger partial charge on any atom is 0.310 e. The summed E-state index contributed by atoms with van der Waals surface area (Å²) in [4.78, 5) is 23.5. The molecule has 26 heavy (non-hydrogen) atoms. The van der Waals surface area contributed by atoms with Gasteiger partial charge in [-0.1, -0.05) is 17.7 Å². The van der Waals surface area contributed by atoms with Crippen molar-refractivity contribution >= 4 is 29.2 Å². The molecule has 0 spiro atoms. The first-order valence-corrected chi connectivity index (χ1v) is 8.23. The van der Waals surface area contributed by atoms with Gasteiger partial charge in [-0.15, -0.1) is 0 Å². The summed E-state index contributed by atoms with van der Waals surface area (Å²) < 4.78 is 15.7. The Balaban J connectivity index is 2.05. The van der Waals surface area contributed by atoms with Crippen LogP contribution in [0.25, 0.3) is 0 Å². The summed E-state index contributed by atoms with van der Waals surface area (Å²) in [5.41, 5.74) is 1.85. The molecule has 0 aromatic heterocycles. The van der Waals surface area contributed by atoms with Gasteiger partial charge in [0, 0.05) is 34.8 Å². The zero-order chi connectivity index (χ0) is 19.1. The summed E-state index contributed by atoms with van der Waals surface area (Å²) in [6.45, 7) is 1.40. The van der Waals surface area contributed by atoms with Crippen LogP contribution in [0.4, 0.5) is 5.69 Å². The van der Waals surface area contributed by atoms with Crippen molar-refractivity contribution in [2.24, 2.45) is 0 Å². The lowest BCUT2D eigenvalue weighted by Gasteiger charge is -2.12. The second kappa shape index (κ2) is 9.10. The summed E-state index contributed by atoms with van der Waals surface area (Å²) in [5, 5.41) is 3.17. The maximum absolute atomic E-state index is 12.2. The molecular formula is C19H20ClNO5. The van der Waals surface area contributed by atoms with Crippen molar-refractivity contribution < 1.29 is 23.8 Å². The number of hydrogen-bond acceptors (Lipinski definition) is 5. The largest absolute Gasteiger partial charge is 0.497 e. The van der Waals surface area contributed by atoms with Gasteiger partial charge in [0.15, 0.2) is 0 Å². The van der Waals surface area contributed by atoms with E-state index in [0.29, 0.717) is 33.3 Å². The van der Waals surface area contributed by atoms with E-state index in [-0.39, 0.29) is 18.9 Å². The minimum atomic E-state index is -0.429. The molecule has 2 aromatic carbocycles. The van der Waals surface area contributed by atoms with Gasteiger partial charge in [-0.3, -0.25) is 9.59 Å². The maximum atomic E-state index is 12.2. The van der Waals surface area contributed by atoms with Crippen LogP contribution in [0.1, 0.15) is 18.1 Å². The first kappa shape index (κ1) is 19.6. The van der Waals surface area contributed by atoms with Crippen LogP contribution in [0.3, 0.4) is 0 Å². The van der Waals surface area contributed by atoms with Gasteiger partial charge in [-0.2, -0.15) is 0 Å². The number of amides is 1. The van der Waals surface area contributed by atoms with Crippen molar-refractivity contribution in [2.75, 3.05) is 19.5 Å². The Morgan fingerprint density at radius 3 is 2.46 bits per heavy atom. The van der Waals surface area contributed by atoms with Gasteiger partial charge in [0.25, 0.3) is 0 Å². The molecular weight excluding hydrogens is 358 g/mol. The SMILES string of the molecule is COc1ccc(CC(=O)OCc2cc(Cl)ccc2NC(C)=O)c(OC)c1. The number of esters is 1. The lowest BCUT2D eigenvalue weighted by atomic mass is 10.1. The highest BCUT2D eigenvalue weighted by atomic mass is 35.5. The van der Waals surface area contributed by atoms with Gasteiger partial charge in [0.05, 0.1) is 20.6 Å². The number of anilines is 1. The van der Waals surface area contributed by atoms with Crippen molar-refractivity contribution in [2.45, 2.75) is 20.0 Å². The minimum absolute atomic E-state index is 0.00647. The van der Waals surface area contributed by atoms with E-state index in [1.54, 1.807) is 43.5 Å². The average Bonchev–Trinajstić information content (AvgIpc) is 2.61. The van der Waals surface area contributed by atoms with Gasteiger partial charge >= 0.3 is 5.97 Å². The normalized spacial score (nSPS) is 10.2. The van der Waals surface area contributed by atoms with E-state index in [4.69, 9.17) is 25.8 Å². The number of rotatable bonds is 7. The van der Waals surface area contributed by atoms with Crippen molar-refractivity contribution in [1.82, 2.24) is 0 Å². The topological polar surface area (TPSA) is 73.9 Å². The summed E-state index contributed by atoms with van der Waals surface area (Å²) in [6, 6.07) is 10.2. The number of hydrogen-bond donors (Lipinski definition) is 1. The van der Waals surface area contributed by atoms with Crippen LogP contribution in [0.15, 0.2) is 36.4 Å². The molecule has 6 nitrogen and oxygen atoms in total. The van der Waals surface area contributed by atoms with Crippen LogP contribution in [0.5, 0.6) is 11.5 Å². The molecule has 0 unspecified atom stereocenters. The van der Waals surface area contributed by atoms with Gasteiger partial charge in [-0.05, 0) is 24.3 Å². The zero-order valence-electron chi connectivity index (χ0n) is 14.8. The van der Waals surface area contributed by atoms with E-state index < -0.39 is 5.97 Å². The fourth-order valence-corrected chi connectivity index (χ4v) is 2.55. The monoisotopic (exact) mass is 377 g/mol. The first-order valence-electron chi connectivity index (χ1n) is 7.85. The highest BCUT2D eigenvalue weighted by Gasteiger charge is 2.13. The Kier molecular flexibility index (Phi) is 6.86. The van der Waals surface area contributed by atoms with Crippen LogP contribution >= 0.6 is 11.6 Å². The highest BCUT2D eigenvalue weighted by molar-refractivity contribution is 6.30. The molecule has 0 aliphatic rings. The molecule has 1 N–H and O–H groups in total. The zero-order valence-corrected chi connectivity index (χ0v) is 15.6. The van der Waals surface area contributed by atoms with Crippen LogP contribution in [-0.2, 0) is 27.4 Å². The standard InChI is InChI=1S/C19H20ClNO5/c1-12(22)21-17-7-5-15(20)8-14(17)11-26-19(23)9-13-4-6-16(24-2)10-18(13)25-3/h4-8,10H,9,11H2,1-3H3,(H,21,22). The first-order chi connectivity index (χ1) is 12.4. The number of nitrogens with one attached hydrogen (secondary N) is 1. The van der Waals surface area contributed by atoms with Crippen molar-refractivity contribution in [1.29, 1.82) is 0 Å². The Morgan fingerprint density at radius 1 is 1.04 bits per heavy atom. The van der Waals surface area contributed by atoms with Crippen molar-refractivity contribution in [3.8, 4) is 11.5 Å². The molecule has 7 heteroatoms. The number of carbonyl (C=O) groups is 2. The molecule has 0 bridgehead atoms. The van der Waals surface area contributed by atoms with Gasteiger partial charge in [-0.25, -0.2) is 0 Å². The van der Waals surface area contributed by atoms with E-state index in [0.717, 1.165) is 0 Å². The number of carbonyl (C=O) groups excluding carboxylic acids is 2. The lowest BCUT2D eigenvalue weighted by molar-refractivity contribution is -0.144. The molecule has 138 valence electrons. The number of benzene rings is 2. The molecule has 0 saturated heterocycles. The second-order valence-electron chi connectivity index (χ2n) is 5.50. The summed E-state index contributed by atoms with van der Waals surface area (Å²) in [7, 11) is 3.08. The molecule has 0 heterocycles. The van der Waals surface area contributed by atoms with Gasteiger partial charge in [0.2, 0.25) is 5.91 Å². The summed E-state index contributed by atoms with van der Waals surface area (Å²) >= 11 is 5.99. The van der Waals surface area contributed by atoms with Crippen LogP contribution in [-0.4, -0.2) is 26.1 Å². The average molecular weight is 378 g/mol. The number of ether oxygens (including phenoxy) is 3. The third kappa shape index (κ3) is 5.39. The summed E-state index contributed by atoms with van der Waals surface area (Å²) in [5.74, 6) is 0.533. The third-order valence-electron chi connectivity index (χ3n) is 3.60. The number of halogens is 1. The molecule has 2 aromatic rings. The van der Waals surface area contributed by atoms with E-state index in [1.807, 2.05) is 0 Å². The molecule has 2 rings (SSSR count). The molecule has 0 aliphatic heterocycles. The van der Waals surface area contributed by atoms with E-state index in [9.17, 15) is 9.59 Å². The van der Waals surface area contributed by atoms with E-state index in [1.165, 1.54) is 14.0 Å². The molecule has 0 radical (unpaired) electrons.